The fourth-order valence-corrected chi connectivity index (χ4v) is 1.34. The molecule has 0 aromatic heterocycles. The number of carbonyl (C=O) groups excluding carboxylic acids is 2. The lowest BCUT2D eigenvalue weighted by molar-refractivity contribution is -0.142. The van der Waals surface area contributed by atoms with Crippen molar-refractivity contribution >= 4 is 11.9 Å². The van der Waals surface area contributed by atoms with Crippen LogP contribution in [0.4, 0.5) is 0 Å². The largest absolute Gasteiger partial charge is 0.508 e. The van der Waals surface area contributed by atoms with E-state index >= 15 is 0 Å². The highest BCUT2D eigenvalue weighted by Gasteiger charge is 2.21. The first-order chi connectivity index (χ1) is 8.58. The van der Waals surface area contributed by atoms with Gasteiger partial charge in [-0.05, 0) is 18.2 Å². The molecule has 2 N–H and O–H groups in total. The molecule has 1 amide bonds. The maximum Gasteiger partial charge on any atom is 0.329 e. The average molecular weight is 247 g/mol. The van der Waals surface area contributed by atoms with Gasteiger partial charge in [-0.1, -0.05) is 6.07 Å². The fraction of sp³-hybridized carbons (Fsp3) is 0.231. The molecule has 1 rings (SSSR count). The molecule has 1 aromatic carbocycles. The quantitative estimate of drug-likeness (QED) is 0.606. The molecule has 5 heteroatoms. The second-order valence-corrected chi connectivity index (χ2v) is 3.51. The minimum Gasteiger partial charge on any atom is -0.508 e. The lowest BCUT2D eigenvalue weighted by Gasteiger charge is -2.14. The van der Waals surface area contributed by atoms with Crippen LogP contribution in [-0.2, 0) is 9.53 Å². The highest BCUT2D eigenvalue weighted by Crippen LogP contribution is 2.11. The van der Waals surface area contributed by atoms with Crippen molar-refractivity contribution in [2.75, 3.05) is 7.11 Å². The Bertz CT molecular complexity index is 490. The Morgan fingerprint density at radius 2 is 2.28 bits per heavy atom. The molecule has 0 spiro atoms. The number of esters is 1. The SMILES string of the molecule is C#CC[C@@H](NC(=O)c1cccc(O)c1)C(=O)OC. The van der Waals surface area contributed by atoms with E-state index in [1.165, 1.54) is 31.4 Å². The third kappa shape index (κ3) is 3.52. The smallest absolute Gasteiger partial charge is 0.329 e. The highest BCUT2D eigenvalue weighted by atomic mass is 16.5. The van der Waals surface area contributed by atoms with Crippen molar-refractivity contribution in [3.8, 4) is 18.1 Å². The Kier molecular flexibility index (Phi) is 4.76. The summed E-state index contributed by atoms with van der Waals surface area (Å²) >= 11 is 0. The molecule has 0 aliphatic heterocycles. The van der Waals surface area contributed by atoms with Crippen LogP contribution in [0.2, 0.25) is 0 Å². The minimum atomic E-state index is -0.894. The fourth-order valence-electron chi connectivity index (χ4n) is 1.34. The summed E-state index contributed by atoms with van der Waals surface area (Å²) in [5.41, 5.74) is 0.237. The maximum atomic E-state index is 11.8. The second kappa shape index (κ2) is 6.30. The predicted molar refractivity (Wildman–Crippen MR) is 64.8 cm³/mol. The van der Waals surface area contributed by atoms with E-state index in [1.807, 2.05) is 0 Å². The number of hydrogen-bond acceptors (Lipinski definition) is 4. The van der Waals surface area contributed by atoms with Gasteiger partial charge in [0.05, 0.1) is 7.11 Å². The van der Waals surface area contributed by atoms with E-state index in [2.05, 4.69) is 16.0 Å². The van der Waals surface area contributed by atoms with Crippen molar-refractivity contribution in [2.24, 2.45) is 0 Å². The zero-order valence-corrected chi connectivity index (χ0v) is 9.84. The van der Waals surface area contributed by atoms with Crippen molar-refractivity contribution in [3.05, 3.63) is 29.8 Å². The molecule has 0 radical (unpaired) electrons. The van der Waals surface area contributed by atoms with Gasteiger partial charge in [-0.2, -0.15) is 0 Å². The molecular formula is C13H13NO4. The summed E-state index contributed by atoms with van der Waals surface area (Å²) in [6.07, 6.45) is 5.15. The van der Waals surface area contributed by atoms with Crippen molar-refractivity contribution in [1.29, 1.82) is 0 Å². The minimum absolute atomic E-state index is 0.0331. The normalized spacial score (nSPS) is 11.1. The highest BCUT2D eigenvalue weighted by molar-refractivity contribution is 5.97. The predicted octanol–water partition coefficient (Wildman–Crippen LogP) is 0.687. The topological polar surface area (TPSA) is 75.6 Å². The van der Waals surface area contributed by atoms with E-state index in [1.54, 1.807) is 0 Å². The Hall–Kier alpha value is -2.48. The molecule has 0 saturated carbocycles. The molecule has 94 valence electrons. The molecule has 18 heavy (non-hydrogen) atoms. The van der Waals surface area contributed by atoms with Crippen LogP contribution in [0.15, 0.2) is 24.3 Å². The number of benzene rings is 1. The number of methoxy groups -OCH3 is 1. The third-order valence-corrected chi connectivity index (χ3v) is 2.22. The number of phenols is 1. The molecule has 0 aliphatic carbocycles. The van der Waals surface area contributed by atoms with Crippen molar-refractivity contribution < 1.29 is 19.4 Å². The van der Waals surface area contributed by atoms with Crippen molar-refractivity contribution in [3.63, 3.8) is 0 Å². The Morgan fingerprint density at radius 1 is 1.56 bits per heavy atom. The van der Waals surface area contributed by atoms with Gasteiger partial charge in [0, 0.05) is 12.0 Å². The lowest BCUT2D eigenvalue weighted by atomic mass is 10.1. The Morgan fingerprint density at radius 3 is 2.83 bits per heavy atom. The number of nitrogens with one attached hydrogen (secondary N) is 1. The summed E-state index contributed by atoms with van der Waals surface area (Å²) in [7, 11) is 1.21. The van der Waals surface area contributed by atoms with Crippen LogP contribution in [0, 0.1) is 12.3 Å². The molecular weight excluding hydrogens is 234 g/mol. The number of ether oxygens (including phenoxy) is 1. The van der Waals surface area contributed by atoms with Crippen LogP contribution >= 0.6 is 0 Å². The molecule has 0 aliphatic rings. The van der Waals surface area contributed by atoms with Gasteiger partial charge in [0.15, 0.2) is 0 Å². The maximum absolute atomic E-state index is 11.8. The number of terminal acetylenes is 1. The molecule has 1 aromatic rings. The number of phenolic OH excluding ortho intramolecular Hbond substituents is 1. The van der Waals surface area contributed by atoms with Crippen LogP contribution in [0.3, 0.4) is 0 Å². The van der Waals surface area contributed by atoms with E-state index in [9.17, 15) is 14.7 Å². The van der Waals surface area contributed by atoms with Crippen LogP contribution in [-0.4, -0.2) is 30.1 Å². The van der Waals surface area contributed by atoms with Gasteiger partial charge in [-0.15, -0.1) is 12.3 Å². The molecule has 5 nitrogen and oxygen atoms in total. The summed E-state index contributed by atoms with van der Waals surface area (Å²) in [6, 6.07) is 4.88. The number of rotatable bonds is 4. The molecule has 1 atom stereocenters. The van der Waals surface area contributed by atoms with Gasteiger partial charge in [0.1, 0.15) is 11.8 Å². The first kappa shape index (κ1) is 13.6. The third-order valence-electron chi connectivity index (χ3n) is 2.22. The second-order valence-electron chi connectivity index (χ2n) is 3.51. The number of aromatic hydroxyl groups is 1. The zero-order valence-electron chi connectivity index (χ0n) is 9.84. The number of amides is 1. The van der Waals surface area contributed by atoms with Gasteiger partial charge < -0.3 is 15.2 Å². The van der Waals surface area contributed by atoms with Crippen LogP contribution in [0.1, 0.15) is 16.8 Å². The summed E-state index contributed by atoms with van der Waals surface area (Å²) in [5.74, 6) is 1.14. The summed E-state index contributed by atoms with van der Waals surface area (Å²) in [6.45, 7) is 0. The molecule has 0 fully saturated rings. The van der Waals surface area contributed by atoms with Gasteiger partial charge in [0.2, 0.25) is 0 Å². The van der Waals surface area contributed by atoms with Gasteiger partial charge >= 0.3 is 5.97 Å². The van der Waals surface area contributed by atoms with E-state index in [0.29, 0.717) is 0 Å². The zero-order chi connectivity index (χ0) is 13.5. The first-order valence-corrected chi connectivity index (χ1v) is 5.19. The van der Waals surface area contributed by atoms with Crippen LogP contribution < -0.4 is 5.32 Å². The average Bonchev–Trinajstić information content (AvgIpc) is 2.37. The van der Waals surface area contributed by atoms with Gasteiger partial charge in [-0.3, -0.25) is 4.79 Å². The van der Waals surface area contributed by atoms with Gasteiger partial charge in [0.25, 0.3) is 5.91 Å². The van der Waals surface area contributed by atoms with Crippen LogP contribution in [0.5, 0.6) is 5.75 Å². The van der Waals surface area contributed by atoms with E-state index in [4.69, 9.17) is 6.42 Å². The molecule has 0 bridgehead atoms. The van der Waals surface area contributed by atoms with Crippen molar-refractivity contribution in [2.45, 2.75) is 12.5 Å². The Labute approximate surface area is 105 Å². The number of hydrogen-bond donors (Lipinski definition) is 2. The Balaban J connectivity index is 2.79. The monoisotopic (exact) mass is 247 g/mol. The van der Waals surface area contributed by atoms with E-state index in [0.717, 1.165) is 0 Å². The summed E-state index contributed by atoms with van der Waals surface area (Å²) in [5, 5.41) is 11.7. The molecule has 0 saturated heterocycles. The van der Waals surface area contributed by atoms with Gasteiger partial charge in [-0.25, -0.2) is 4.79 Å². The summed E-state index contributed by atoms with van der Waals surface area (Å²) < 4.78 is 4.53. The molecule has 0 heterocycles. The van der Waals surface area contributed by atoms with Crippen LogP contribution in [0.25, 0.3) is 0 Å². The summed E-state index contributed by atoms with van der Waals surface area (Å²) in [4.78, 5) is 23.2. The molecule has 0 unspecified atom stereocenters. The lowest BCUT2D eigenvalue weighted by Crippen LogP contribution is -2.41. The van der Waals surface area contributed by atoms with E-state index in [-0.39, 0.29) is 17.7 Å². The standard InChI is InChI=1S/C13H13NO4/c1-3-5-11(13(17)18-2)14-12(16)9-6-4-7-10(15)8-9/h1,4,6-8,11,15H,5H2,2H3,(H,14,16)/t11-/m1/s1. The van der Waals surface area contributed by atoms with E-state index < -0.39 is 17.9 Å². The van der Waals surface area contributed by atoms with Crippen molar-refractivity contribution in [1.82, 2.24) is 5.32 Å². The first-order valence-electron chi connectivity index (χ1n) is 5.19. The number of carbonyl (C=O) groups is 2.